The van der Waals surface area contributed by atoms with E-state index in [-0.39, 0.29) is 12.0 Å². The van der Waals surface area contributed by atoms with Gasteiger partial charge in [-0.15, -0.1) is 0 Å². The van der Waals surface area contributed by atoms with Crippen LogP contribution in [0.15, 0.2) is 82.5 Å². The van der Waals surface area contributed by atoms with Gasteiger partial charge in [0.1, 0.15) is 17.6 Å². The summed E-state index contributed by atoms with van der Waals surface area (Å²) in [6, 6.07) is 21.5. The molecule has 2 N–H and O–H groups in total. The molecule has 7 heteroatoms. The summed E-state index contributed by atoms with van der Waals surface area (Å²) in [6.45, 7) is 5.39. The minimum Gasteiger partial charge on any atom is -0.497 e. The molecule has 3 heterocycles. The Hall–Kier alpha value is -4.10. The molecular weight excluding hydrogens is 464 g/mol. The lowest BCUT2D eigenvalue weighted by Gasteiger charge is -2.31. The largest absolute Gasteiger partial charge is 0.497 e. The van der Waals surface area contributed by atoms with Gasteiger partial charge in [0, 0.05) is 35.6 Å². The van der Waals surface area contributed by atoms with Crippen molar-refractivity contribution in [2.45, 2.75) is 25.9 Å². The quantitative estimate of drug-likeness (QED) is 0.416. The Kier molecular flexibility index (Phi) is 6.14. The van der Waals surface area contributed by atoms with E-state index in [0.29, 0.717) is 11.4 Å². The van der Waals surface area contributed by atoms with Crippen LogP contribution < -0.4 is 20.2 Å². The SMILES string of the molecule is CCN1CCC(Oc2ccc3[nH]c(O)c(/C(=C4\N=c5ccc(OC)cc5=N4)c4ccccc4)c3c2)CC1. The molecule has 6 rings (SSSR count). The van der Waals surface area contributed by atoms with E-state index in [0.717, 1.165) is 76.7 Å². The highest BCUT2D eigenvalue weighted by molar-refractivity contribution is 6.01. The summed E-state index contributed by atoms with van der Waals surface area (Å²) in [5.74, 6) is 2.15. The summed E-state index contributed by atoms with van der Waals surface area (Å²) < 4.78 is 11.8. The molecule has 0 saturated carbocycles. The molecule has 0 amide bonds. The molecule has 0 unspecified atom stereocenters. The topological polar surface area (TPSA) is 82.4 Å². The standard InChI is InChI=1S/C30H30N4O3/c1-3-34-15-13-20(14-16-34)37-22-10-11-24-23(17-22)28(30(35)33-24)27(19-7-5-4-6-8-19)29-31-25-12-9-21(36-2)18-26(25)32-29/h4-12,17-18,20,33,35H,3,13-16H2,1-2H3/b29-27+. The second-order valence-corrected chi connectivity index (χ2v) is 9.45. The third kappa shape index (κ3) is 4.47. The third-order valence-electron chi connectivity index (χ3n) is 7.21. The van der Waals surface area contributed by atoms with Gasteiger partial charge in [0.25, 0.3) is 0 Å². The van der Waals surface area contributed by atoms with Crippen LogP contribution >= 0.6 is 0 Å². The number of hydrogen-bond donors (Lipinski definition) is 2. The number of rotatable bonds is 6. The van der Waals surface area contributed by atoms with Crippen molar-refractivity contribution >= 4 is 16.5 Å². The fourth-order valence-corrected chi connectivity index (χ4v) is 5.19. The Bertz CT molecular complexity index is 1600. The lowest BCUT2D eigenvalue weighted by atomic mass is 9.96. The molecule has 7 nitrogen and oxygen atoms in total. The maximum atomic E-state index is 11.2. The summed E-state index contributed by atoms with van der Waals surface area (Å²) >= 11 is 0. The van der Waals surface area contributed by atoms with E-state index in [1.54, 1.807) is 7.11 Å². The number of ether oxygens (including phenoxy) is 2. The van der Waals surface area contributed by atoms with E-state index in [1.807, 2.05) is 66.7 Å². The minimum absolute atomic E-state index is 0.0775. The van der Waals surface area contributed by atoms with Gasteiger partial charge in [-0.2, -0.15) is 0 Å². The van der Waals surface area contributed by atoms with Gasteiger partial charge in [-0.1, -0.05) is 37.3 Å². The number of methoxy groups -OCH3 is 1. The van der Waals surface area contributed by atoms with Gasteiger partial charge in [0.2, 0.25) is 0 Å². The van der Waals surface area contributed by atoms with Crippen molar-refractivity contribution in [2.24, 2.45) is 9.98 Å². The van der Waals surface area contributed by atoms with Crippen LogP contribution in [0.3, 0.4) is 0 Å². The van der Waals surface area contributed by atoms with E-state index in [9.17, 15) is 5.11 Å². The van der Waals surface area contributed by atoms with Gasteiger partial charge in [-0.25, -0.2) is 9.98 Å². The fourth-order valence-electron chi connectivity index (χ4n) is 5.19. The molecule has 0 aliphatic carbocycles. The predicted molar refractivity (Wildman–Crippen MR) is 143 cm³/mol. The Labute approximate surface area is 215 Å². The number of aromatic hydroxyl groups is 1. The fraction of sp³-hybridized carbons (Fsp3) is 0.267. The van der Waals surface area contributed by atoms with Gasteiger partial charge >= 0.3 is 0 Å². The van der Waals surface area contributed by atoms with Crippen LogP contribution in [-0.2, 0) is 0 Å². The number of aromatic nitrogens is 1. The smallest absolute Gasteiger partial charge is 0.197 e. The van der Waals surface area contributed by atoms with Crippen LogP contribution in [0, 0.1) is 0 Å². The number of nitrogens with zero attached hydrogens (tertiary/aromatic N) is 3. The highest BCUT2D eigenvalue weighted by Gasteiger charge is 2.24. The number of aromatic amines is 1. The van der Waals surface area contributed by atoms with Crippen molar-refractivity contribution in [1.82, 2.24) is 9.88 Å². The summed E-state index contributed by atoms with van der Waals surface area (Å²) in [6.07, 6.45) is 2.21. The number of likely N-dealkylation sites (tertiary alicyclic amines) is 1. The van der Waals surface area contributed by atoms with Gasteiger partial charge < -0.3 is 24.5 Å². The molecule has 1 saturated heterocycles. The molecule has 188 valence electrons. The van der Waals surface area contributed by atoms with E-state index in [2.05, 4.69) is 16.8 Å². The number of benzene rings is 3. The van der Waals surface area contributed by atoms with Crippen molar-refractivity contribution < 1.29 is 14.6 Å². The van der Waals surface area contributed by atoms with Gasteiger partial charge in [-0.05, 0) is 55.3 Å². The molecular formula is C30H30N4O3. The number of hydrogen-bond acceptors (Lipinski definition) is 6. The van der Waals surface area contributed by atoms with Crippen LogP contribution in [0.25, 0.3) is 16.5 Å². The molecule has 0 bridgehead atoms. The van der Waals surface area contributed by atoms with Gasteiger partial charge in [0.15, 0.2) is 11.7 Å². The van der Waals surface area contributed by atoms with E-state index in [4.69, 9.17) is 19.5 Å². The Morgan fingerprint density at radius 2 is 1.73 bits per heavy atom. The van der Waals surface area contributed by atoms with Crippen LogP contribution in [-0.4, -0.2) is 47.8 Å². The maximum Gasteiger partial charge on any atom is 0.197 e. The lowest BCUT2D eigenvalue weighted by molar-refractivity contribution is 0.104. The van der Waals surface area contributed by atoms with Crippen molar-refractivity contribution in [3.8, 4) is 17.4 Å². The molecule has 0 spiro atoms. The molecule has 1 aromatic heterocycles. The maximum absolute atomic E-state index is 11.2. The van der Waals surface area contributed by atoms with Gasteiger partial charge in [-0.3, -0.25) is 0 Å². The molecule has 4 aromatic rings. The molecule has 0 atom stereocenters. The predicted octanol–water partition coefficient (Wildman–Crippen LogP) is 4.42. The molecule has 1 fully saturated rings. The number of nitrogens with one attached hydrogen (secondary N) is 1. The summed E-state index contributed by atoms with van der Waals surface area (Å²) in [5.41, 5.74) is 3.16. The second-order valence-electron chi connectivity index (χ2n) is 9.45. The summed E-state index contributed by atoms with van der Waals surface area (Å²) in [5, 5.41) is 13.5. The normalized spacial score (nSPS) is 17.2. The first-order chi connectivity index (χ1) is 18.1. The molecule has 3 aromatic carbocycles. The zero-order valence-corrected chi connectivity index (χ0v) is 21.1. The third-order valence-corrected chi connectivity index (χ3v) is 7.21. The van der Waals surface area contributed by atoms with Crippen molar-refractivity contribution in [1.29, 1.82) is 0 Å². The Morgan fingerprint density at radius 1 is 0.973 bits per heavy atom. The highest BCUT2D eigenvalue weighted by Crippen LogP contribution is 2.40. The van der Waals surface area contributed by atoms with Crippen molar-refractivity contribution in [2.75, 3.05) is 26.7 Å². The summed E-state index contributed by atoms with van der Waals surface area (Å²) in [4.78, 5) is 15.3. The monoisotopic (exact) mass is 494 g/mol. The van der Waals surface area contributed by atoms with E-state index >= 15 is 0 Å². The van der Waals surface area contributed by atoms with E-state index < -0.39 is 0 Å². The second kappa shape index (κ2) is 9.75. The number of fused-ring (bicyclic) bond motifs is 2. The van der Waals surface area contributed by atoms with Crippen LogP contribution in [0.5, 0.6) is 17.4 Å². The number of H-pyrrole nitrogens is 1. The summed E-state index contributed by atoms with van der Waals surface area (Å²) in [7, 11) is 1.64. The van der Waals surface area contributed by atoms with Crippen molar-refractivity contribution in [3.05, 3.63) is 94.4 Å². The zero-order chi connectivity index (χ0) is 25.4. The molecule has 2 aliphatic heterocycles. The van der Waals surface area contributed by atoms with Crippen LogP contribution in [0.1, 0.15) is 30.9 Å². The Balaban J connectivity index is 1.47. The first kappa shape index (κ1) is 23.3. The van der Waals surface area contributed by atoms with Gasteiger partial charge in [0.05, 0.1) is 23.4 Å². The van der Waals surface area contributed by atoms with Crippen molar-refractivity contribution in [3.63, 3.8) is 0 Å². The molecule has 37 heavy (non-hydrogen) atoms. The van der Waals surface area contributed by atoms with E-state index in [1.165, 1.54) is 0 Å². The molecule has 2 aliphatic rings. The number of piperidine rings is 1. The highest BCUT2D eigenvalue weighted by atomic mass is 16.5. The average molecular weight is 495 g/mol. The lowest BCUT2D eigenvalue weighted by Crippen LogP contribution is -2.37. The zero-order valence-electron chi connectivity index (χ0n) is 21.1. The average Bonchev–Trinajstić information content (AvgIpc) is 3.50. The molecule has 0 radical (unpaired) electrons. The van der Waals surface area contributed by atoms with Crippen LogP contribution in [0.4, 0.5) is 0 Å². The first-order valence-electron chi connectivity index (χ1n) is 12.8. The Morgan fingerprint density at radius 3 is 2.49 bits per heavy atom. The van der Waals surface area contributed by atoms with Crippen LogP contribution in [0.2, 0.25) is 0 Å². The minimum atomic E-state index is 0.0775. The first-order valence-corrected chi connectivity index (χ1v) is 12.8.